The minimum atomic E-state index is -3.56. The van der Waals surface area contributed by atoms with E-state index in [0.717, 1.165) is 13.0 Å². The Kier molecular flexibility index (Phi) is 3.90. The highest BCUT2D eigenvalue weighted by atomic mass is 32.1. The maximum Gasteiger partial charge on any atom is 0.302 e. The van der Waals surface area contributed by atoms with Crippen molar-refractivity contribution in [2.75, 3.05) is 12.3 Å². The molecule has 1 aromatic carbocycles. The maximum absolute atomic E-state index is 15.0. The first-order valence-electron chi connectivity index (χ1n) is 6.50. The highest BCUT2D eigenvalue weighted by Crippen LogP contribution is 2.48. The van der Waals surface area contributed by atoms with Gasteiger partial charge in [-0.05, 0) is 26.8 Å². The van der Waals surface area contributed by atoms with Gasteiger partial charge >= 0.3 is 5.92 Å². The van der Waals surface area contributed by atoms with Crippen LogP contribution in [-0.4, -0.2) is 23.1 Å². The summed E-state index contributed by atoms with van der Waals surface area (Å²) in [4.78, 5) is -0.00459. The minimum Gasteiger partial charge on any atom is -0.396 e. The Morgan fingerprint density at radius 3 is 2.36 bits per heavy atom. The number of halogens is 4. The summed E-state index contributed by atoms with van der Waals surface area (Å²) < 4.78 is 62.7. The Morgan fingerprint density at radius 2 is 1.77 bits per heavy atom. The molecule has 0 saturated carbocycles. The first kappa shape index (κ1) is 17.0. The van der Waals surface area contributed by atoms with Crippen LogP contribution in [0.5, 0.6) is 0 Å². The van der Waals surface area contributed by atoms with Gasteiger partial charge in [-0.15, -0.1) is 0 Å². The molecule has 1 aromatic rings. The van der Waals surface area contributed by atoms with Crippen LogP contribution in [0.3, 0.4) is 0 Å². The van der Waals surface area contributed by atoms with Crippen LogP contribution in [0.25, 0.3) is 0 Å². The van der Waals surface area contributed by atoms with Crippen LogP contribution in [0.2, 0.25) is 0 Å². The summed E-state index contributed by atoms with van der Waals surface area (Å²) >= 11 is 4.95. The SMILES string of the molecule is CC1(C)OCC(=S)NC(C)(c2cc(N)c(F)cc2F)C1(F)F. The average molecular weight is 336 g/mol. The zero-order valence-corrected chi connectivity index (χ0v) is 13.1. The molecule has 1 fully saturated rings. The van der Waals surface area contributed by atoms with Crippen LogP contribution >= 0.6 is 12.2 Å². The molecular weight excluding hydrogens is 320 g/mol. The summed E-state index contributed by atoms with van der Waals surface area (Å²) in [5, 5.41) is 2.44. The lowest BCUT2D eigenvalue weighted by molar-refractivity contribution is -0.216. The molecule has 122 valence electrons. The van der Waals surface area contributed by atoms with E-state index in [9.17, 15) is 8.78 Å². The lowest BCUT2D eigenvalue weighted by atomic mass is 9.77. The van der Waals surface area contributed by atoms with Gasteiger partial charge in [-0.25, -0.2) is 17.6 Å². The van der Waals surface area contributed by atoms with Gasteiger partial charge in [-0.2, -0.15) is 0 Å². The molecule has 22 heavy (non-hydrogen) atoms. The van der Waals surface area contributed by atoms with Crippen LogP contribution in [0, 0.1) is 11.6 Å². The van der Waals surface area contributed by atoms with E-state index in [1.165, 1.54) is 13.8 Å². The number of rotatable bonds is 1. The normalized spacial score (nSPS) is 27.1. The Bertz CT molecular complexity index is 636. The lowest BCUT2D eigenvalue weighted by Crippen LogP contribution is -2.62. The molecule has 2 rings (SSSR count). The van der Waals surface area contributed by atoms with Gasteiger partial charge in [0.15, 0.2) is 0 Å². The van der Waals surface area contributed by atoms with Crippen molar-refractivity contribution in [3.05, 3.63) is 29.3 Å². The molecule has 3 nitrogen and oxygen atoms in total. The molecule has 1 aliphatic heterocycles. The fourth-order valence-electron chi connectivity index (χ4n) is 2.52. The smallest absolute Gasteiger partial charge is 0.302 e. The van der Waals surface area contributed by atoms with Gasteiger partial charge in [-0.1, -0.05) is 12.2 Å². The molecule has 1 heterocycles. The molecule has 0 bridgehead atoms. The fourth-order valence-corrected chi connectivity index (χ4v) is 2.78. The third kappa shape index (κ3) is 2.34. The first-order chi connectivity index (χ1) is 9.92. The molecule has 3 N–H and O–H groups in total. The maximum atomic E-state index is 15.0. The predicted molar refractivity (Wildman–Crippen MR) is 78.8 cm³/mol. The van der Waals surface area contributed by atoms with Crippen molar-refractivity contribution in [1.29, 1.82) is 0 Å². The number of nitrogens with two attached hydrogens (primary N) is 1. The van der Waals surface area contributed by atoms with Crippen LogP contribution in [-0.2, 0) is 10.3 Å². The number of hydrogen-bond acceptors (Lipinski definition) is 3. The summed E-state index contributed by atoms with van der Waals surface area (Å²) in [7, 11) is 0. The number of nitrogens with one attached hydrogen (secondary N) is 1. The van der Waals surface area contributed by atoms with Crippen molar-refractivity contribution in [1.82, 2.24) is 5.32 Å². The zero-order valence-electron chi connectivity index (χ0n) is 12.3. The summed E-state index contributed by atoms with van der Waals surface area (Å²) in [5.41, 5.74) is 0.339. The Balaban J connectivity index is 2.72. The van der Waals surface area contributed by atoms with Crippen molar-refractivity contribution in [2.24, 2.45) is 0 Å². The number of thiocarbonyl (C=S) groups is 1. The number of anilines is 1. The number of nitrogen functional groups attached to an aromatic ring is 1. The minimum absolute atomic E-state index is 0.00459. The number of alkyl halides is 2. The standard InChI is InChI=1S/C14H16F4N2OS/c1-12(2)14(17,18)13(3,20-11(22)6-21-12)7-4-10(19)9(16)5-8(7)15/h4-5H,6,19H2,1-3H3,(H,20,22). The van der Waals surface area contributed by atoms with Gasteiger partial charge in [0.05, 0.1) is 12.3 Å². The number of benzene rings is 1. The predicted octanol–water partition coefficient (Wildman–Crippen LogP) is 3.12. The van der Waals surface area contributed by atoms with Crippen molar-refractivity contribution in [2.45, 2.75) is 37.8 Å². The van der Waals surface area contributed by atoms with Gasteiger partial charge in [-0.3, -0.25) is 0 Å². The topological polar surface area (TPSA) is 47.3 Å². The highest BCUT2D eigenvalue weighted by molar-refractivity contribution is 7.80. The van der Waals surface area contributed by atoms with Crippen molar-refractivity contribution in [3.63, 3.8) is 0 Å². The first-order valence-corrected chi connectivity index (χ1v) is 6.91. The molecule has 0 aliphatic carbocycles. The Morgan fingerprint density at radius 1 is 1.18 bits per heavy atom. The monoisotopic (exact) mass is 336 g/mol. The van der Waals surface area contributed by atoms with Gasteiger partial charge in [0.25, 0.3) is 0 Å². The van der Waals surface area contributed by atoms with Crippen molar-refractivity contribution >= 4 is 22.9 Å². The molecule has 0 radical (unpaired) electrons. The largest absolute Gasteiger partial charge is 0.396 e. The molecular formula is C14H16F4N2OS. The molecule has 0 aromatic heterocycles. The second kappa shape index (κ2) is 5.06. The Hall–Kier alpha value is -1.41. The van der Waals surface area contributed by atoms with Crippen molar-refractivity contribution < 1.29 is 22.3 Å². The van der Waals surface area contributed by atoms with E-state index in [2.05, 4.69) is 5.32 Å². The molecule has 1 aliphatic rings. The Labute approximate surface area is 130 Å². The van der Waals surface area contributed by atoms with Crippen molar-refractivity contribution in [3.8, 4) is 0 Å². The highest BCUT2D eigenvalue weighted by Gasteiger charge is 2.64. The quantitative estimate of drug-likeness (QED) is 0.470. The fraction of sp³-hybridized carbons (Fsp3) is 0.500. The van der Waals surface area contributed by atoms with Crippen LogP contribution in [0.1, 0.15) is 26.3 Å². The van der Waals surface area contributed by atoms with Crippen LogP contribution in [0.4, 0.5) is 23.2 Å². The third-order valence-corrected chi connectivity index (χ3v) is 4.18. The number of ether oxygens (including phenoxy) is 1. The van der Waals surface area contributed by atoms with Gasteiger partial charge in [0.2, 0.25) is 0 Å². The second-order valence-electron chi connectivity index (χ2n) is 5.90. The van der Waals surface area contributed by atoms with Crippen LogP contribution in [0.15, 0.2) is 12.1 Å². The molecule has 0 amide bonds. The summed E-state index contributed by atoms with van der Waals surface area (Å²) in [6.07, 6.45) is 0. The second-order valence-corrected chi connectivity index (χ2v) is 6.39. The van der Waals surface area contributed by atoms with E-state index in [4.69, 9.17) is 22.7 Å². The summed E-state index contributed by atoms with van der Waals surface area (Å²) in [5.74, 6) is -5.71. The van der Waals surface area contributed by atoms with E-state index in [1.807, 2.05) is 0 Å². The average Bonchev–Trinajstić information content (AvgIpc) is 2.44. The molecule has 8 heteroatoms. The van der Waals surface area contributed by atoms with Gasteiger partial charge in [0.1, 0.15) is 27.8 Å². The molecule has 0 spiro atoms. The third-order valence-electron chi connectivity index (χ3n) is 3.96. The van der Waals surface area contributed by atoms with E-state index >= 15 is 8.78 Å². The summed E-state index contributed by atoms with van der Waals surface area (Å²) in [6.45, 7) is 3.23. The molecule has 1 atom stereocenters. The van der Waals surface area contributed by atoms with E-state index in [0.29, 0.717) is 6.07 Å². The van der Waals surface area contributed by atoms with E-state index in [-0.39, 0.29) is 11.6 Å². The molecule has 1 saturated heterocycles. The van der Waals surface area contributed by atoms with E-state index < -0.39 is 39.9 Å². The molecule has 1 unspecified atom stereocenters. The summed E-state index contributed by atoms with van der Waals surface area (Å²) in [6, 6.07) is 1.34. The zero-order chi connectivity index (χ0) is 16.9. The van der Waals surface area contributed by atoms with E-state index in [1.54, 1.807) is 0 Å². The number of hydrogen-bond donors (Lipinski definition) is 2. The van der Waals surface area contributed by atoms with Gasteiger partial charge in [0, 0.05) is 11.6 Å². The lowest BCUT2D eigenvalue weighted by Gasteiger charge is -2.44. The van der Waals surface area contributed by atoms with Gasteiger partial charge < -0.3 is 15.8 Å². The van der Waals surface area contributed by atoms with Crippen LogP contribution < -0.4 is 11.1 Å².